The number of piperidine rings is 1. The third-order valence-electron chi connectivity index (χ3n) is 5.70. The number of carbonyl (C=O) groups is 3. The van der Waals surface area contributed by atoms with Crippen molar-refractivity contribution in [2.75, 3.05) is 26.7 Å². The van der Waals surface area contributed by atoms with E-state index >= 15 is 0 Å². The van der Waals surface area contributed by atoms with Gasteiger partial charge in [-0.25, -0.2) is 4.79 Å². The maximum Gasteiger partial charge on any atom is 0.410 e. The van der Waals surface area contributed by atoms with Crippen molar-refractivity contribution in [2.24, 2.45) is 5.92 Å². The standard InChI is InChI=1S/C26H35N3O4S/c1-26(2,3)33-25(32)28(4)17-20-12-8-14-29(18-20)24(31)21(16-19-10-6-5-7-11-19)27-23(30)22-13-9-15-34-22/h5-7,9-11,13,15,20-21H,8,12,14,16-18H2,1-4H3,(H,27,30). The first kappa shape index (κ1) is 25.7. The van der Waals surface area contributed by atoms with E-state index in [1.165, 1.54) is 11.3 Å². The summed E-state index contributed by atoms with van der Waals surface area (Å²) in [7, 11) is 1.73. The Balaban J connectivity index is 1.67. The molecule has 0 aliphatic carbocycles. The Labute approximate surface area is 206 Å². The minimum absolute atomic E-state index is 0.0848. The highest BCUT2D eigenvalue weighted by atomic mass is 32.1. The van der Waals surface area contributed by atoms with Gasteiger partial charge in [0.05, 0.1) is 4.88 Å². The summed E-state index contributed by atoms with van der Waals surface area (Å²) in [6.07, 6.45) is 1.86. The molecule has 3 rings (SSSR count). The molecule has 1 N–H and O–H groups in total. The van der Waals surface area contributed by atoms with Gasteiger partial charge in [-0.15, -0.1) is 11.3 Å². The third kappa shape index (κ3) is 7.58. The fourth-order valence-corrected chi connectivity index (χ4v) is 4.75. The van der Waals surface area contributed by atoms with Gasteiger partial charge in [0.25, 0.3) is 5.91 Å². The SMILES string of the molecule is CN(CC1CCCN(C(=O)C(Cc2ccccc2)NC(=O)c2cccs2)C1)C(=O)OC(C)(C)C. The van der Waals surface area contributed by atoms with Crippen LogP contribution in [-0.4, -0.2) is 66.0 Å². The molecule has 34 heavy (non-hydrogen) atoms. The van der Waals surface area contributed by atoms with Crippen LogP contribution in [0.4, 0.5) is 4.79 Å². The van der Waals surface area contributed by atoms with Crippen LogP contribution in [0.1, 0.15) is 48.8 Å². The highest BCUT2D eigenvalue weighted by Crippen LogP contribution is 2.20. The van der Waals surface area contributed by atoms with E-state index in [2.05, 4.69) is 5.32 Å². The van der Waals surface area contributed by atoms with E-state index in [0.717, 1.165) is 18.4 Å². The van der Waals surface area contributed by atoms with E-state index in [1.54, 1.807) is 18.0 Å². The molecule has 2 heterocycles. The van der Waals surface area contributed by atoms with Gasteiger partial charge in [0.2, 0.25) is 5.91 Å². The molecule has 1 aliphatic heterocycles. The minimum atomic E-state index is -0.653. The second kappa shape index (κ2) is 11.5. The number of hydrogen-bond donors (Lipinski definition) is 1. The summed E-state index contributed by atoms with van der Waals surface area (Å²) in [5.41, 5.74) is 0.441. The van der Waals surface area contributed by atoms with Gasteiger partial charge >= 0.3 is 6.09 Å². The van der Waals surface area contributed by atoms with Gasteiger partial charge < -0.3 is 19.9 Å². The zero-order chi connectivity index (χ0) is 24.7. The van der Waals surface area contributed by atoms with Crippen molar-refractivity contribution in [1.29, 1.82) is 0 Å². The summed E-state index contributed by atoms with van der Waals surface area (Å²) in [4.78, 5) is 42.7. The van der Waals surface area contributed by atoms with Crippen LogP contribution in [0.25, 0.3) is 0 Å². The highest BCUT2D eigenvalue weighted by molar-refractivity contribution is 7.12. The Hall–Kier alpha value is -2.87. The first-order valence-electron chi connectivity index (χ1n) is 11.7. The first-order valence-corrected chi connectivity index (χ1v) is 12.6. The Morgan fingerprint density at radius 3 is 2.56 bits per heavy atom. The monoisotopic (exact) mass is 485 g/mol. The maximum atomic E-state index is 13.6. The molecule has 0 bridgehead atoms. The number of nitrogens with zero attached hydrogens (tertiary/aromatic N) is 2. The summed E-state index contributed by atoms with van der Waals surface area (Å²) in [6, 6.07) is 12.7. The summed E-state index contributed by atoms with van der Waals surface area (Å²) in [5.74, 6) is -0.165. The molecule has 0 spiro atoms. The van der Waals surface area contributed by atoms with Crippen molar-refractivity contribution < 1.29 is 19.1 Å². The van der Waals surface area contributed by atoms with E-state index < -0.39 is 11.6 Å². The second-order valence-corrected chi connectivity index (χ2v) is 10.8. The van der Waals surface area contributed by atoms with Crippen LogP contribution in [0, 0.1) is 5.92 Å². The zero-order valence-electron chi connectivity index (χ0n) is 20.5. The molecule has 184 valence electrons. The van der Waals surface area contributed by atoms with Crippen LogP contribution in [0.2, 0.25) is 0 Å². The molecule has 0 radical (unpaired) electrons. The van der Waals surface area contributed by atoms with E-state index in [0.29, 0.717) is 30.9 Å². The molecular weight excluding hydrogens is 450 g/mol. The Morgan fingerprint density at radius 2 is 1.91 bits per heavy atom. The molecule has 3 amide bonds. The highest BCUT2D eigenvalue weighted by Gasteiger charge is 2.32. The summed E-state index contributed by atoms with van der Waals surface area (Å²) in [5, 5.41) is 4.81. The molecule has 2 atom stereocenters. The van der Waals surface area contributed by atoms with Gasteiger partial charge in [0.1, 0.15) is 11.6 Å². The summed E-state index contributed by atoms with van der Waals surface area (Å²) in [6.45, 7) is 7.24. The summed E-state index contributed by atoms with van der Waals surface area (Å²) >= 11 is 1.35. The lowest BCUT2D eigenvalue weighted by Crippen LogP contribution is -2.53. The fraction of sp³-hybridized carbons (Fsp3) is 0.500. The van der Waals surface area contributed by atoms with Crippen molar-refractivity contribution in [3.8, 4) is 0 Å². The van der Waals surface area contributed by atoms with Gasteiger partial charge in [-0.3, -0.25) is 9.59 Å². The molecule has 7 nitrogen and oxygen atoms in total. The van der Waals surface area contributed by atoms with E-state index in [-0.39, 0.29) is 23.8 Å². The molecule has 1 fully saturated rings. The predicted octanol–water partition coefficient (Wildman–Crippen LogP) is 4.19. The molecule has 2 unspecified atom stereocenters. The van der Waals surface area contributed by atoms with Crippen molar-refractivity contribution in [2.45, 2.75) is 51.7 Å². The normalized spacial score (nSPS) is 17.1. The Bertz CT molecular complexity index is 956. The Morgan fingerprint density at radius 1 is 1.18 bits per heavy atom. The van der Waals surface area contributed by atoms with Crippen LogP contribution in [0.15, 0.2) is 47.8 Å². The molecule has 0 saturated carbocycles. The molecular formula is C26H35N3O4S. The number of nitrogens with one attached hydrogen (secondary N) is 1. The second-order valence-electron chi connectivity index (χ2n) is 9.85. The van der Waals surface area contributed by atoms with E-state index in [9.17, 15) is 14.4 Å². The average Bonchev–Trinajstić information content (AvgIpc) is 3.33. The number of carbonyl (C=O) groups excluding carboxylic acids is 3. The number of benzene rings is 1. The largest absolute Gasteiger partial charge is 0.444 e. The van der Waals surface area contributed by atoms with Crippen LogP contribution < -0.4 is 5.32 Å². The number of amides is 3. The number of thiophene rings is 1. The predicted molar refractivity (Wildman–Crippen MR) is 134 cm³/mol. The van der Waals surface area contributed by atoms with E-state index in [1.807, 2.05) is 67.4 Å². The molecule has 8 heteroatoms. The van der Waals surface area contributed by atoms with Crippen molar-refractivity contribution >= 4 is 29.2 Å². The molecule has 1 aromatic carbocycles. The molecule has 1 saturated heterocycles. The smallest absolute Gasteiger partial charge is 0.410 e. The molecule has 1 aromatic heterocycles. The lowest BCUT2D eigenvalue weighted by molar-refractivity contribution is -0.135. The fourth-order valence-electron chi connectivity index (χ4n) is 4.12. The third-order valence-corrected chi connectivity index (χ3v) is 6.57. The van der Waals surface area contributed by atoms with Gasteiger partial charge in [-0.2, -0.15) is 0 Å². The zero-order valence-corrected chi connectivity index (χ0v) is 21.3. The van der Waals surface area contributed by atoms with Crippen LogP contribution in [0.3, 0.4) is 0 Å². The lowest BCUT2D eigenvalue weighted by Gasteiger charge is -2.37. The quantitative estimate of drug-likeness (QED) is 0.638. The van der Waals surface area contributed by atoms with Crippen LogP contribution in [-0.2, 0) is 16.0 Å². The van der Waals surface area contributed by atoms with Gasteiger partial charge in [-0.1, -0.05) is 36.4 Å². The number of likely N-dealkylation sites (tertiary alicyclic amines) is 1. The number of hydrogen-bond acceptors (Lipinski definition) is 5. The van der Waals surface area contributed by atoms with Crippen molar-refractivity contribution in [3.63, 3.8) is 0 Å². The number of rotatable bonds is 7. The van der Waals surface area contributed by atoms with Crippen molar-refractivity contribution in [1.82, 2.24) is 15.1 Å². The topological polar surface area (TPSA) is 79.0 Å². The van der Waals surface area contributed by atoms with Gasteiger partial charge in [0, 0.05) is 33.1 Å². The average molecular weight is 486 g/mol. The van der Waals surface area contributed by atoms with Crippen molar-refractivity contribution in [3.05, 3.63) is 58.3 Å². The lowest BCUT2D eigenvalue weighted by atomic mass is 9.96. The van der Waals surface area contributed by atoms with Crippen LogP contribution >= 0.6 is 11.3 Å². The molecule has 1 aliphatic rings. The maximum absolute atomic E-state index is 13.6. The number of ether oxygens (including phenoxy) is 1. The van der Waals surface area contributed by atoms with Gasteiger partial charge in [0.15, 0.2) is 0 Å². The van der Waals surface area contributed by atoms with Gasteiger partial charge in [-0.05, 0) is 56.5 Å². The first-order chi connectivity index (χ1) is 16.1. The minimum Gasteiger partial charge on any atom is -0.444 e. The summed E-state index contributed by atoms with van der Waals surface area (Å²) < 4.78 is 5.46. The van der Waals surface area contributed by atoms with Crippen LogP contribution in [0.5, 0.6) is 0 Å². The van der Waals surface area contributed by atoms with E-state index in [4.69, 9.17) is 4.74 Å². The Kier molecular flexibility index (Phi) is 8.72. The molecule has 2 aromatic rings.